The number of imidazole rings is 1. The summed E-state index contributed by atoms with van der Waals surface area (Å²) in [6, 6.07) is 12.5. The fraction of sp³-hybridized carbons (Fsp3) is 0.167. The molecule has 1 atom stereocenters. The van der Waals surface area contributed by atoms with Gasteiger partial charge in [-0.1, -0.05) is 18.2 Å². The van der Waals surface area contributed by atoms with E-state index in [1.165, 1.54) is 12.1 Å². The Morgan fingerprint density at radius 1 is 1.18 bits per heavy atom. The Morgan fingerprint density at radius 3 is 2.77 bits per heavy atom. The molecule has 3 rings (SSSR count). The van der Waals surface area contributed by atoms with Crippen molar-refractivity contribution in [3.8, 4) is 11.1 Å². The number of rotatable bonds is 4. The van der Waals surface area contributed by atoms with Crippen LogP contribution in [-0.2, 0) is 6.54 Å². The van der Waals surface area contributed by atoms with E-state index >= 15 is 0 Å². The van der Waals surface area contributed by atoms with E-state index in [0.717, 1.165) is 22.3 Å². The largest absolute Gasteiger partial charge is 0.389 e. The highest BCUT2D eigenvalue weighted by atomic mass is 19.1. The van der Waals surface area contributed by atoms with E-state index in [1.54, 1.807) is 19.4 Å². The second-order valence-corrected chi connectivity index (χ2v) is 5.38. The first kappa shape index (κ1) is 14.5. The molecule has 4 heteroatoms. The van der Waals surface area contributed by atoms with Crippen molar-refractivity contribution < 1.29 is 9.50 Å². The van der Waals surface area contributed by atoms with Crippen LogP contribution in [0.2, 0.25) is 0 Å². The zero-order valence-electron chi connectivity index (χ0n) is 12.3. The van der Waals surface area contributed by atoms with Crippen LogP contribution in [0.4, 0.5) is 4.39 Å². The van der Waals surface area contributed by atoms with Gasteiger partial charge in [0.15, 0.2) is 0 Å². The van der Waals surface area contributed by atoms with Gasteiger partial charge in [-0.05, 0) is 53.4 Å². The minimum atomic E-state index is -0.543. The van der Waals surface area contributed by atoms with Crippen LogP contribution in [0.5, 0.6) is 0 Å². The molecule has 2 aromatic carbocycles. The Balaban J connectivity index is 1.97. The van der Waals surface area contributed by atoms with Gasteiger partial charge in [0.1, 0.15) is 5.82 Å². The fourth-order valence-electron chi connectivity index (χ4n) is 2.48. The van der Waals surface area contributed by atoms with Crippen molar-refractivity contribution in [3.63, 3.8) is 0 Å². The van der Waals surface area contributed by atoms with Crippen LogP contribution in [0.25, 0.3) is 11.1 Å². The fourth-order valence-corrected chi connectivity index (χ4v) is 2.48. The third kappa shape index (κ3) is 3.23. The molecule has 1 N–H and O–H groups in total. The molecule has 0 saturated heterocycles. The molecule has 0 unspecified atom stereocenters. The van der Waals surface area contributed by atoms with Gasteiger partial charge in [-0.15, -0.1) is 0 Å². The lowest BCUT2D eigenvalue weighted by Gasteiger charge is -2.10. The van der Waals surface area contributed by atoms with Gasteiger partial charge < -0.3 is 9.67 Å². The minimum Gasteiger partial charge on any atom is -0.389 e. The highest BCUT2D eigenvalue weighted by molar-refractivity contribution is 5.65. The Kier molecular flexibility index (Phi) is 4.02. The molecule has 22 heavy (non-hydrogen) atoms. The monoisotopic (exact) mass is 296 g/mol. The van der Waals surface area contributed by atoms with Gasteiger partial charge in [0.2, 0.25) is 0 Å². The highest BCUT2D eigenvalue weighted by Gasteiger charge is 2.07. The van der Waals surface area contributed by atoms with Crippen LogP contribution >= 0.6 is 0 Å². The quantitative estimate of drug-likeness (QED) is 0.795. The van der Waals surface area contributed by atoms with E-state index in [-0.39, 0.29) is 5.82 Å². The molecule has 0 fully saturated rings. The molecule has 0 amide bonds. The highest BCUT2D eigenvalue weighted by Crippen LogP contribution is 2.25. The van der Waals surface area contributed by atoms with E-state index in [0.29, 0.717) is 6.54 Å². The summed E-state index contributed by atoms with van der Waals surface area (Å²) in [6.07, 6.45) is 4.71. The number of aliphatic hydroxyl groups is 1. The van der Waals surface area contributed by atoms with Gasteiger partial charge in [-0.3, -0.25) is 0 Å². The van der Waals surface area contributed by atoms with E-state index in [4.69, 9.17) is 0 Å². The van der Waals surface area contributed by atoms with E-state index in [9.17, 15) is 9.50 Å². The normalized spacial score (nSPS) is 12.3. The van der Waals surface area contributed by atoms with Crippen molar-refractivity contribution in [1.82, 2.24) is 9.55 Å². The van der Waals surface area contributed by atoms with E-state index in [1.807, 2.05) is 41.1 Å². The van der Waals surface area contributed by atoms with Gasteiger partial charge in [0, 0.05) is 18.9 Å². The summed E-state index contributed by atoms with van der Waals surface area (Å²) in [5, 5.41) is 9.69. The lowest BCUT2D eigenvalue weighted by molar-refractivity contribution is 0.199. The molecular formula is C18H17FN2O. The number of benzene rings is 2. The maximum atomic E-state index is 13.9. The Labute approximate surface area is 128 Å². The van der Waals surface area contributed by atoms with E-state index < -0.39 is 6.10 Å². The SMILES string of the molecule is C[C@H](O)c1cccc(-c2cc(F)cc(Cn3ccnc3)c2)c1. The molecule has 0 aliphatic rings. The zero-order chi connectivity index (χ0) is 15.5. The van der Waals surface area contributed by atoms with Crippen LogP contribution in [0, 0.1) is 5.82 Å². The molecule has 1 heterocycles. The van der Waals surface area contributed by atoms with Crippen LogP contribution in [0.3, 0.4) is 0 Å². The average Bonchev–Trinajstić information content (AvgIpc) is 2.99. The first-order valence-electron chi connectivity index (χ1n) is 7.15. The molecule has 1 aromatic heterocycles. The second kappa shape index (κ2) is 6.12. The number of nitrogens with zero attached hydrogens (tertiary/aromatic N) is 2. The number of halogens is 1. The predicted molar refractivity (Wildman–Crippen MR) is 83.8 cm³/mol. The first-order valence-corrected chi connectivity index (χ1v) is 7.15. The molecule has 0 bridgehead atoms. The summed E-state index contributed by atoms with van der Waals surface area (Å²) in [5.41, 5.74) is 3.38. The Morgan fingerprint density at radius 2 is 2.05 bits per heavy atom. The summed E-state index contributed by atoms with van der Waals surface area (Å²) in [7, 11) is 0. The number of hydrogen-bond donors (Lipinski definition) is 1. The smallest absolute Gasteiger partial charge is 0.124 e. The summed E-state index contributed by atoms with van der Waals surface area (Å²) < 4.78 is 15.8. The molecule has 0 aliphatic carbocycles. The topological polar surface area (TPSA) is 38.0 Å². The first-order chi connectivity index (χ1) is 10.6. The van der Waals surface area contributed by atoms with Crippen molar-refractivity contribution in [2.24, 2.45) is 0 Å². The maximum Gasteiger partial charge on any atom is 0.124 e. The molecular weight excluding hydrogens is 279 g/mol. The van der Waals surface area contributed by atoms with Crippen molar-refractivity contribution in [2.45, 2.75) is 19.6 Å². The van der Waals surface area contributed by atoms with Crippen LogP contribution in [0.15, 0.2) is 61.2 Å². The summed E-state index contributed by atoms with van der Waals surface area (Å²) in [6.45, 7) is 2.29. The lowest BCUT2D eigenvalue weighted by Crippen LogP contribution is -1.98. The minimum absolute atomic E-state index is 0.268. The number of aromatic nitrogens is 2. The van der Waals surface area contributed by atoms with Gasteiger partial charge in [0.25, 0.3) is 0 Å². The van der Waals surface area contributed by atoms with Crippen molar-refractivity contribution in [3.05, 3.63) is 78.1 Å². The number of aliphatic hydroxyl groups excluding tert-OH is 1. The number of hydrogen-bond acceptors (Lipinski definition) is 2. The second-order valence-electron chi connectivity index (χ2n) is 5.38. The van der Waals surface area contributed by atoms with Crippen molar-refractivity contribution in [1.29, 1.82) is 0 Å². The Hall–Kier alpha value is -2.46. The van der Waals surface area contributed by atoms with Gasteiger partial charge in [-0.2, -0.15) is 0 Å². The summed E-state index contributed by atoms with van der Waals surface area (Å²) in [4.78, 5) is 3.99. The molecule has 0 radical (unpaired) electrons. The molecule has 0 spiro atoms. The molecule has 0 saturated carbocycles. The standard InChI is InChI=1S/C18H17FN2O/c1-13(22)15-3-2-4-16(9-15)17-7-14(8-18(19)10-17)11-21-6-5-20-12-21/h2-10,12-13,22H,11H2,1H3/t13-/m0/s1. The van der Waals surface area contributed by atoms with Crippen LogP contribution in [-0.4, -0.2) is 14.7 Å². The van der Waals surface area contributed by atoms with E-state index in [2.05, 4.69) is 4.98 Å². The summed E-state index contributed by atoms with van der Waals surface area (Å²) >= 11 is 0. The van der Waals surface area contributed by atoms with Gasteiger partial charge in [0.05, 0.1) is 12.4 Å². The molecule has 3 aromatic rings. The average molecular weight is 296 g/mol. The Bertz CT molecular complexity index is 767. The van der Waals surface area contributed by atoms with Gasteiger partial charge in [-0.25, -0.2) is 9.37 Å². The van der Waals surface area contributed by atoms with Crippen molar-refractivity contribution in [2.75, 3.05) is 0 Å². The van der Waals surface area contributed by atoms with Crippen LogP contribution < -0.4 is 0 Å². The molecule has 0 aliphatic heterocycles. The summed E-state index contributed by atoms with van der Waals surface area (Å²) in [5.74, 6) is -0.268. The van der Waals surface area contributed by atoms with Crippen molar-refractivity contribution >= 4 is 0 Å². The van der Waals surface area contributed by atoms with Crippen LogP contribution in [0.1, 0.15) is 24.2 Å². The predicted octanol–water partition coefficient (Wildman–Crippen LogP) is 3.79. The molecule has 3 nitrogen and oxygen atoms in total. The lowest BCUT2D eigenvalue weighted by atomic mass is 9.99. The third-order valence-electron chi connectivity index (χ3n) is 3.58. The maximum absolute atomic E-state index is 13.9. The third-order valence-corrected chi connectivity index (χ3v) is 3.58. The molecule has 112 valence electrons. The van der Waals surface area contributed by atoms with Gasteiger partial charge >= 0.3 is 0 Å². The zero-order valence-corrected chi connectivity index (χ0v) is 12.3.